The maximum atomic E-state index is 9.65. The number of nitrogens with zero attached hydrogens (tertiary/aromatic N) is 2. The van der Waals surface area contributed by atoms with Crippen LogP contribution in [0.15, 0.2) is 30.5 Å². The Kier molecular flexibility index (Phi) is 3.30. The predicted molar refractivity (Wildman–Crippen MR) is 79.6 cm³/mol. The summed E-state index contributed by atoms with van der Waals surface area (Å²) in [6.07, 6.45) is 4.93. The van der Waals surface area contributed by atoms with E-state index in [9.17, 15) is 5.11 Å². The minimum absolute atomic E-state index is 0.142. The molecule has 1 fully saturated rings. The number of aliphatic hydroxyl groups is 1. The lowest BCUT2D eigenvalue weighted by molar-refractivity contribution is 0.112. The van der Waals surface area contributed by atoms with Crippen LogP contribution in [0.5, 0.6) is 0 Å². The van der Waals surface area contributed by atoms with Crippen molar-refractivity contribution < 1.29 is 5.11 Å². The van der Waals surface area contributed by atoms with Crippen molar-refractivity contribution in [3.8, 4) is 11.3 Å². The molecular formula is C17H20N2O. The largest absolute Gasteiger partial charge is 0.395 e. The first-order valence-corrected chi connectivity index (χ1v) is 7.17. The number of aryl methyl sites for hydroxylation is 2. The van der Waals surface area contributed by atoms with Crippen LogP contribution in [-0.2, 0) is 5.41 Å². The van der Waals surface area contributed by atoms with Gasteiger partial charge in [-0.1, -0.05) is 18.6 Å². The molecule has 0 unspecified atom stereocenters. The molecule has 0 radical (unpaired) electrons. The Bertz CT molecular complexity index is 627. The molecule has 3 rings (SSSR count). The van der Waals surface area contributed by atoms with E-state index in [1.165, 1.54) is 11.1 Å². The number of hydrogen-bond acceptors (Lipinski definition) is 3. The van der Waals surface area contributed by atoms with E-state index in [1.807, 2.05) is 12.3 Å². The maximum Gasteiger partial charge on any atom is 0.137 e. The smallest absolute Gasteiger partial charge is 0.137 e. The topological polar surface area (TPSA) is 46.0 Å². The second kappa shape index (κ2) is 4.98. The molecule has 1 aromatic heterocycles. The van der Waals surface area contributed by atoms with Crippen molar-refractivity contribution in [2.45, 2.75) is 38.5 Å². The summed E-state index contributed by atoms with van der Waals surface area (Å²) in [7, 11) is 0. The molecule has 0 saturated heterocycles. The first-order chi connectivity index (χ1) is 9.64. The molecule has 104 valence electrons. The summed E-state index contributed by atoms with van der Waals surface area (Å²) < 4.78 is 0. The van der Waals surface area contributed by atoms with Crippen molar-refractivity contribution in [1.29, 1.82) is 0 Å². The maximum absolute atomic E-state index is 9.65. The Balaban J connectivity index is 2.00. The first kappa shape index (κ1) is 13.3. The van der Waals surface area contributed by atoms with Gasteiger partial charge in [0.1, 0.15) is 5.82 Å². The van der Waals surface area contributed by atoms with Gasteiger partial charge in [0, 0.05) is 11.8 Å². The summed E-state index contributed by atoms with van der Waals surface area (Å²) in [6.45, 7) is 4.37. The van der Waals surface area contributed by atoms with Crippen LogP contribution in [0, 0.1) is 13.8 Å². The molecule has 0 aliphatic heterocycles. The first-order valence-electron chi connectivity index (χ1n) is 7.17. The van der Waals surface area contributed by atoms with Gasteiger partial charge in [0.05, 0.1) is 17.7 Å². The van der Waals surface area contributed by atoms with Crippen LogP contribution in [0.2, 0.25) is 0 Å². The van der Waals surface area contributed by atoms with Gasteiger partial charge >= 0.3 is 0 Å². The van der Waals surface area contributed by atoms with E-state index in [0.29, 0.717) is 0 Å². The molecule has 0 bridgehead atoms. The number of aliphatic hydroxyl groups excluding tert-OH is 1. The molecule has 1 aliphatic carbocycles. The van der Waals surface area contributed by atoms with Crippen molar-refractivity contribution in [1.82, 2.24) is 9.97 Å². The van der Waals surface area contributed by atoms with Crippen molar-refractivity contribution in [3.05, 3.63) is 47.4 Å². The fraction of sp³-hybridized carbons (Fsp3) is 0.412. The van der Waals surface area contributed by atoms with E-state index in [-0.39, 0.29) is 12.0 Å². The average Bonchev–Trinajstić information content (AvgIpc) is 2.42. The highest BCUT2D eigenvalue weighted by Gasteiger charge is 2.40. The highest BCUT2D eigenvalue weighted by Crippen LogP contribution is 2.41. The van der Waals surface area contributed by atoms with Gasteiger partial charge in [0.15, 0.2) is 0 Å². The third-order valence-corrected chi connectivity index (χ3v) is 4.55. The van der Waals surface area contributed by atoms with Crippen molar-refractivity contribution in [3.63, 3.8) is 0 Å². The van der Waals surface area contributed by atoms with Gasteiger partial charge in [-0.15, -0.1) is 0 Å². The molecule has 1 saturated carbocycles. The second-order valence-corrected chi connectivity index (χ2v) is 5.86. The highest BCUT2D eigenvalue weighted by atomic mass is 16.3. The molecule has 2 aromatic rings. The molecule has 0 atom stereocenters. The van der Waals surface area contributed by atoms with Crippen LogP contribution in [-0.4, -0.2) is 21.7 Å². The second-order valence-electron chi connectivity index (χ2n) is 5.86. The Morgan fingerprint density at radius 3 is 2.55 bits per heavy atom. The van der Waals surface area contributed by atoms with E-state index < -0.39 is 0 Å². The van der Waals surface area contributed by atoms with Gasteiger partial charge in [-0.05, 0) is 49.9 Å². The third-order valence-electron chi connectivity index (χ3n) is 4.55. The molecule has 20 heavy (non-hydrogen) atoms. The lowest BCUT2D eigenvalue weighted by Crippen LogP contribution is -2.39. The summed E-state index contributed by atoms with van der Waals surface area (Å²) >= 11 is 0. The van der Waals surface area contributed by atoms with Crippen LogP contribution in [0.3, 0.4) is 0 Å². The molecule has 1 heterocycles. The van der Waals surface area contributed by atoms with E-state index in [2.05, 4.69) is 37.0 Å². The van der Waals surface area contributed by atoms with E-state index in [0.717, 1.165) is 36.3 Å². The van der Waals surface area contributed by atoms with Gasteiger partial charge in [0.2, 0.25) is 0 Å². The Morgan fingerprint density at radius 1 is 1.15 bits per heavy atom. The van der Waals surface area contributed by atoms with Crippen molar-refractivity contribution in [2.75, 3.05) is 6.61 Å². The number of hydrogen-bond donors (Lipinski definition) is 1. The van der Waals surface area contributed by atoms with Crippen LogP contribution in [0.25, 0.3) is 11.3 Å². The quantitative estimate of drug-likeness (QED) is 0.930. The normalized spacial score (nSPS) is 16.8. The molecule has 1 N–H and O–H groups in total. The average molecular weight is 268 g/mol. The molecule has 1 aliphatic rings. The zero-order chi connectivity index (χ0) is 14.2. The SMILES string of the molecule is Cc1ccc(-c2ccnc(C3(CO)CCC3)n2)cc1C. The molecule has 3 heteroatoms. The molecule has 0 spiro atoms. The zero-order valence-electron chi connectivity index (χ0n) is 12.1. The Hall–Kier alpha value is -1.74. The Labute approximate surface area is 119 Å². The third kappa shape index (κ3) is 2.12. The summed E-state index contributed by atoms with van der Waals surface area (Å²) in [5.41, 5.74) is 4.41. The summed E-state index contributed by atoms with van der Waals surface area (Å²) in [6, 6.07) is 8.32. The minimum Gasteiger partial charge on any atom is -0.395 e. The zero-order valence-corrected chi connectivity index (χ0v) is 12.1. The van der Waals surface area contributed by atoms with E-state index in [4.69, 9.17) is 4.98 Å². The van der Waals surface area contributed by atoms with Crippen molar-refractivity contribution in [2.24, 2.45) is 0 Å². The van der Waals surface area contributed by atoms with Gasteiger partial charge in [-0.25, -0.2) is 9.97 Å². The van der Waals surface area contributed by atoms with Crippen LogP contribution in [0.4, 0.5) is 0 Å². The van der Waals surface area contributed by atoms with Crippen molar-refractivity contribution >= 4 is 0 Å². The van der Waals surface area contributed by atoms with Gasteiger partial charge in [-0.3, -0.25) is 0 Å². The number of rotatable bonds is 3. The van der Waals surface area contributed by atoms with Crippen LogP contribution < -0.4 is 0 Å². The lowest BCUT2D eigenvalue weighted by Gasteiger charge is -2.38. The molecule has 0 amide bonds. The highest BCUT2D eigenvalue weighted by molar-refractivity contribution is 5.60. The van der Waals surface area contributed by atoms with E-state index >= 15 is 0 Å². The van der Waals surface area contributed by atoms with E-state index in [1.54, 1.807) is 0 Å². The Morgan fingerprint density at radius 2 is 1.95 bits per heavy atom. The van der Waals surface area contributed by atoms with Gasteiger partial charge in [-0.2, -0.15) is 0 Å². The summed E-state index contributed by atoms with van der Waals surface area (Å²) in [5, 5.41) is 9.65. The molecule has 1 aromatic carbocycles. The van der Waals surface area contributed by atoms with Crippen LogP contribution >= 0.6 is 0 Å². The van der Waals surface area contributed by atoms with Gasteiger partial charge in [0.25, 0.3) is 0 Å². The summed E-state index contributed by atoms with van der Waals surface area (Å²) in [5.74, 6) is 0.793. The minimum atomic E-state index is -0.199. The summed E-state index contributed by atoms with van der Waals surface area (Å²) in [4.78, 5) is 9.11. The predicted octanol–water partition coefficient (Wildman–Crippen LogP) is 3.17. The fourth-order valence-corrected chi connectivity index (χ4v) is 2.73. The standard InChI is InChI=1S/C17H20N2O/c1-12-4-5-14(10-13(12)2)15-6-9-18-16(19-15)17(11-20)7-3-8-17/h4-6,9-10,20H,3,7-8,11H2,1-2H3. The number of benzene rings is 1. The van der Waals surface area contributed by atoms with Gasteiger partial charge < -0.3 is 5.11 Å². The monoisotopic (exact) mass is 268 g/mol. The lowest BCUT2D eigenvalue weighted by atomic mass is 9.68. The van der Waals surface area contributed by atoms with Crippen LogP contribution in [0.1, 0.15) is 36.2 Å². The molecular weight excluding hydrogens is 248 g/mol. The molecule has 3 nitrogen and oxygen atoms in total. The number of aromatic nitrogens is 2. The fourth-order valence-electron chi connectivity index (χ4n) is 2.73.